The van der Waals surface area contributed by atoms with Crippen LogP contribution in [-0.4, -0.2) is 39.6 Å². The van der Waals surface area contributed by atoms with Gasteiger partial charge in [0.25, 0.3) is 11.8 Å². The number of ether oxygens (including phenoxy) is 1. The molecule has 0 bridgehead atoms. The number of primary amides is 1. The van der Waals surface area contributed by atoms with E-state index < -0.39 is 5.91 Å². The monoisotopic (exact) mass is 399 g/mol. The van der Waals surface area contributed by atoms with E-state index >= 15 is 0 Å². The molecule has 2 heterocycles. The molecular weight excluding hydrogens is 382 g/mol. The second kappa shape index (κ2) is 7.21. The van der Waals surface area contributed by atoms with Gasteiger partial charge in [0.2, 0.25) is 0 Å². The average molecular weight is 400 g/mol. The van der Waals surface area contributed by atoms with E-state index in [4.69, 9.17) is 22.1 Å². The van der Waals surface area contributed by atoms with Gasteiger partial charge < -0.3 is 15.8 Å². The Kier molecular flexibility index (Phi) is 4.74. The quantitative estimate of drug-likeness (QED) is 0.675. The largest absolute Gasteiger partial charge is 0.378 e. The third-order valence-corrected chi connectivity index (χ3v) is 5.02. The maximum absolute atomic E-state index is 12.9. The summed E-state index contributed by atoms with van der Waals surface area (Å²) in [5.41, 5.74) is 8.77. The third-order valence-electron chi connectivity index (χ3n) is 4.79. The van der Waals surface area contributed by atoms with Crippen LogP contribution in [0.1, 0.15) is 37.7 Å². The van der Waals surface area contributed by atoms with Gasteiger partial charge in [-0.15, -0.1) is 0 Å². The fraction of sp³-hybridized carbons (Fsp3) is 0.263. The zero-order valence-electron chi connectivity index (χ0n) is 15.1. The van der Waals surface area contributed by atoms with Gasteiger partial charge in [-0.2, -0.15) is 5.10 Å². The number of nitrogens with one attached hydrogen (secondary N) is 1. The highest BCUT2D eigenvalue weighted by atomic mass is 35.5. The summed E-state index contributed by atoms with van der Waals surface area (Å²) in [4.78, 5) is 28.9. The summed E-state index contributed by atoms with van der Waals surface area (Å²) in [6.07, 6.45) is 2.89. The van der Waals surface area contributed by atoms with Crippen LogP contribution in [0.5, 0.6) is 0 Å². The van der Waals surface area contributed by atoms with Crippen LogP contribution in [0.25, 0.3) is 5.65 Å². The molecule has 8 nitrogen and oxygen atoms in total. The molecule has 4 rings (SSSR count). The van der Waals surface area contributed by atoms with Crippen molar-refractivity contribution in [1.82, 2.24) is 19.9 Å². The van der Waals surface area contributed by atoms with Gasteiger partial charge >= 0.3 is 0 Å². The standard InChI is InChI=1S/C19H18ClN5O3/c1-28-9-14-16(17(21)26)18-22-5-4-15(25(18)24-14)19(27)23-13-7-10-2-3-12(20)6-11(10)8-13/h2-6,13H,7-9H2,1H3,(H2,21,26)(H,23,27). The van der Waals surface area contributed by atoms with Crippen LogP contribution in [0.3, 0.4) is 0 Å². The highest BCUT2D eigenvalue weighted by molar-refractivity contribution is 6.30. The molecule has 1 atom stereocenters. The van der Waals surface area contributed by atoms with Crippen molar-refractivity contribution in [2.24, 2.45) is 5.73 Å². The number of hydrogen-bond acceptors (Lipinski definition) is 5. The Morgan fingerprint density at radius 1 is 1.32 bits per heavy atom. The van der Waals surface area contributed by atoms with Crippen LogP contribution in [0, 0.1) is 0 Å². The molecule has 0 radical (unpaired) electrons. The maximum atomic E-state index is 12.9. The minimum absolute atomic E-state index is 0.0474. The average Bonchev–Trinajstić information content (AvgIpc) is 3.21. The first kappa shape index (κ1) is 18.4. The molecule has 0 fully saturated rings. The highest BCUT2D eigenvalue weighted by Crippen LogP contribution is 2.25. The Bertz CT molecular complexity index is 1090. The van der Waals surface area contributed by atoms with E-state index in [0.717, 1.165) is 12.0 Å². The molecule has 144 valence electrons. The molecule has 0 spiro atoms. The van der Waals surface area contributed by atoms with Crippen molar-refractivity contribution in [3.8, 4) is 0 Å². The topological polar surface area (TPSA) is 112 Å². The second-order valence-electron chi connectivity index (χ2n) is 6.68. The first-order valence-electron chi connectivity index (χ1n) is 8.71. The molecular formula is C19H18ClN5O3. The summed E-state index contributed by atoms with van der Waals surface area (Å²) in [5, 5.41) is 8.03. The van der Waals surface area contributed by atoms with E-state index in [1.165, 1.54) is 23.4 Å². The van der Waals surface area contributed by atoms with Crippen molar-refractivity contribution in [3.63, 3.8) is 0 Å². The number of carbonyl (C=O) groups is 2. The molecule has 2 aromatic heterocycles. The SMILES string of the molecule is COCc1nn2c(C(=O)NC3Cc4ccc(Cl)cc4C3)ccnc2c1C(N)=O. The first-order chi connectivity index (χ1) is 13.5. The Morgan fingerprint density at radius 3 is 2.86 bits per heavy atom. The molecule has 0 saturated heterocycles. The Labute approximate surface area is 165 Å². The zero-order chi connectivity index (χ0) is 19.8. The predicted molar refractivity (Wildman–Crippen MR) is 102 cm³/mol. The van der Waals surface area contributed by atoms with Gasteiger partial charge in [-0.1, -0.05) is 17.7 Å². The minimum atomic E-state index is -0.671. The lowest BCUT2D eigenvalue weighted by Crippen LogP contribution is -2.36. The van der Waals surface area contributed by atoms with Gasteiger partial charge in [-0.05, 0) is 42.2 Å². The number of amides is 2. The molecule has 1 aromatic carbocycles. The number of fused-ring (bicyclic) bond motifs is 2. The molecule has 2 amide bonds. The number of rotatable bonds is 5. The number of hydrogen-bond donors (Lipinski definition) is 2. The normalized spacial score (nSPS) is 15.6. The summed E-state index contributed by atoms with van der Waals surface area (Å²) >= 11 is 6.05. The van der Waals surface area contributed by atoms with Gasteiger partial charge in [0.15, 0.2) is 5.65 Å². The van der Waals surface area contributed by atoms with Gasteiger partial charge in [0.1, 0.15) is 17.0 Å². The van der Waals surface area contributed by atoms with E-state index in [1.54, 1.807) is 6.07 Å². The fourth-order valence-electron chi connectivity index (χ4n) is 3.60. The Balaban J connectivity index is 1.63. The summed E-state index contributed by atoms with van der Waals surface area (Å²) < 4.78 is 6.42. The molecule has 1 aliphatic rings. The number of halogens is 1. The second-order valence-corrected chi connectivity index (χ2v) is 7.11. The van der Waals surface area contributed by atoms with Gasteiger partial charge in [0.05, 0.1) is 6.61 Å². The molecule has 1 unspecified atom stereocenters. The van der Waals surface area contributed by atoms with Crippen LogP contribution in [-0.2, 0) is 24.2 Å². The summed E-state index contributed by atoms with van der Waals surface area (Å²) in [7, 11) is 1.49. The van der Waals surface area contributed by atoms with Crippen molar-refractivity contribution >= 4 is 29.1 Å². The number of nitrogens with zero attached hydrogens (tertiary/aromatic N) is 3. The molecule has 1 aliphatic carbocycles. The number of benzene rings is 1. The lowest BCUT2D eigenvalue weighted by molar-refractivity contribution is 0.0929. The highest BCUT2D eigenvalue weighted by Gasteiger charge is 2.26. The lowest BCUT2D eigenvalue weighted by Gasteiger charge is -2.12. The Hall–Kier alpha value is -2.97. The number of carbonyl (C=O) groups excluding carboxylic acids is 2. The zero-order valence-corrected chi connectivity index (χ0v) is 15.9. The maximum Gasteiger partial charge on any atom is 0.270 e. The van der Waals surface area contributed by atoms with Crippen LogP contribution >= 0.6 is 11.6 Å². The van der Waals surface area contributed by atoms with Crippen LogP contribution in [0.15, 0.2) is 30.5 Å². The smallest absolute Gasteiger partial charge is 0.270 e. The molecule has 0 aliphatic heterocycles. The number of nitrogens with two attached hydrogens (primary N) is 1. The van der Waals surface area contributed by atoms with E-state index in [2.05, 4.69) is 15.4 Å². The van der Waals surface area contributed by atoms with Gasteiger partial charge in [0, 0.05) is 24.4 Å². The van der Waals surface area contributed by atoms with E-state index in [-0.39, 0.29) is 35.5 Å². The van der Waals surface area contributed by atoms with Crippen LogP contribution in [0.4, 0.5) is 0 Å². The predicted octanol–water partition coefficient (Wildman–Crippen LogP) is 1.53. The van der Waals surface area contributed by atoms with Crippen molar-refractivity contribution in [2.45, 2.75) is 25.5 Å². The van der Waals surface area contributed by atoms with Crippen molar-refractivity contribution in [3.05, 3.63) is 63.6 Å². The third kappa shape index (κ3) is 3.21. The van der Waals surface area contributed by atoms with Gasteiger partial charge in [-0.3, -0.25) is 9.59 Å². The fourth-order valence-corrected chi connectivity index (χ4v) is 3.79. The van der Waals surface area contributed by atoms with Crippen LogP contribution in [0.2, 0.25) is 5.02 Å². The first-order valence-corrected chi connectivity index (χ1v) is 9.09. The minimum Gasteiger partial charge on any atom is -0.378 e. The van der Waals surface area contributed by atoms with Crippen molar-refractivity contribution in [2.75, 3.05) is 7.11 Å². The molecule has 3 N–H and O–H groups in total. The van der Waals surface area contributed by atoms with Crippen molar-refractivity contribution < 1.29 is 14.3 Å². The molecule has 0 saturated carbocycles. The summed E-state index contributed by atoms with van der Waals surface area (Å²) in [6, 6.07) is 7.27. The van der Waals surface area contributed by atoms with Gasteiger partial charge in [-0.25, -0.2) is 9.50 Å². The molecule has 9 heteroatoms. The van der Waals surface area contributed by atoms with Crippen LogP contribution < -0.4 is 11.1 Å². The lowest BCUT2D eigenvalue weighted by atomic mass is 10.1. The number of methoxy groups -OCH3 is 1. The molecule has 3 aromatic rings. The molecule has 28 heavy (non-hydrogen) atoms. The van der Waals surface area contributed by atoms with E-state index in [0.29, 0.717) is 17.1 Å². The van der Waals surface area contributed by atoms with E-state index in [9.17, 15) is 9.59 Å². The summed E-state index contributed by atoms with van der Waals surface area (Å²) in [5.74, 6) is -0.978. The van der Waals surface area contributed by atoms with Crippen molar-refractivity contribution in [1.29, 1.82) is 0 Å². The number of aromatic nitrogens is 3. The summed E-state index contributed by atoms with van der Waals surface area (Å²) in [6.45, 7) is 0.0847. The van der Waals surface area contributed by atoms with E-state index in [1.807, 2.05) is 18.2 Å². The Morgan fingerprint density at radius 2 is 2.11 bits per heavy atom.